The van der Waals surface area contributed by atoms with Crippen LogP contribution < -0.4 is 10.6 Å². The number of anilines is 2. The third-order valence-electron chi connectivity index (χ3n) is 3.64. The fourth-order valence-electron chi connectivity index (χ4n) is 2.74. The lowest BCUT2D eigenvalue weighted by Crippen LogP contribution is -2.36. The number of rotatable bonds is 1. The van der Waals surface area contributed by atoms with Gasteiger partial charge in [-0.15, -0.1) is 0 Å². The number of amides is 1. The van der Waals surface area contributed by atoms with Gasteiger partial charge in [0.05, 0.1) is 5.69 Å². The fraction of sp³-hybridized carbons (Fsp3) is 0.533. The third-order valence-corrected chi connectivity index (χ3v) is 3.64. The highest BCUT2D eigenvalue weighted by atomic mass is 16.2. The van der Waals surface area contributed by atoms with Crippen LogP contribution in [0.5, 0.6) is 0 Å². The fourth-order valence-corrected chi connectivity index (χ4v) is 2.74. The summed E-state index contributed by atoms with van der Waals surface area (Å²) in [6.45, 7) is 11.0. The van der Waals surface area contributed by atoms with Crippen LogP contribution in [0.4, 0.5) is 11.4 Å². The Labute approximate surface area is 109 Å². The van der Waals surface area contributed by atoms with Crippen molar-refractivity contribution in [1.29, 1.82) is 0 Å². The molecule has 0 unspecified atom stereocenters. The van der Waals surface area contributed by atoms with Gasteiger partial charge in [-0.25, -0.2) is 0 Å². The second-order valence-corrected chi connectivity index (χ2v) is 6.20. The molecule has 1 aliphatic heterocycles. The zero-order chi connectivity index (χ0) is 13.7. The smallest absolute Gasteiger partial charge is 0.229 e. The van der Waals surface area contributed by atoms with Crippen LogP contribution >= 0.6 is 0 Å². The van der Waals surface area contributed by atoms with E-state index in [-0.39, 0.29) is 17.2 Å². The Morgan fingerprint density at radius 3 is 2.56 bits per heavy atom. The number of aryl methyl sites for hydroxylation is 1. The maximum Gasteiger partial charge on any atom is 0.229 e. The largest absolute Gasteiger partial charge is 0.399 e. The summed E-state index contributed by atoms with van der Waals surface area (Å²) in [5.74, 6) is 0.207. The van der Waals surface area contributed by atoms with E-state index in [1.165, 1.54) is 5.56 Å². The van der Waals surface area contributed by atoms with Crippen molar-refractivity contribution in [3.63, 3.8) is 0 Å². The number of carbonyl (C=O) groups is 1. The van der Waals surface area contributed by atoms with Crippen LogP contribution in [0.2, 0.25) is 0 Å². The molecular formula is C15H22N2O. The second kappa shape index (κ2) is 4.01. The molecule has 1 aliphatic rings. The normalized spacial score (nSPS) is 17.1. The van der Waals surface area contributed by atoms with E-state index in [4.69, 9.17) is 5.73 Å². The van der Waals surface area contributed by atoms with Crippen molar-refractivity contribution in [2.24, 2.45) is 5.92 Å². The minimum Gasteiger partial charge on any atom is -0.399 e. The molecule has 2 N–H and O–H groups in total. The number of carbonyl (C=O) groups excluding carboxylic acids is 1. The first-order valence-corrected chi connectivity index (χ1v) is 6.46. The Bertz CT molecular complexity index is 503. The summed E-state index contributed by atoms with van der Waals surface area (Å²) in [7, 11) is 0. The van der Waals surface area contributed by atoms with E-state index in [0.29, 0.717) is 0 Å². The Balaban J connectivity index is 2.59. The van der Waals surface area contributed by atoms with Gasteiger partial charge in [-0.2, -0.15) is 0 Å². The molecule has 0 saturated heterocycles. The molecule has 0 radical (unpaired) electrons. The van der Waals surface area contributed by atoms with E-state index in [2.05, 4.69) is 13.8 Å². The molecule has 1 aromatic carbocycles. The molecule has 18 heavy (non-hydrogen) atoms. The Morgan fingerprint density at radius 1 is 1.39 bits per heavy atom. The summed E-state index contributed by atoms with van der Waals surface area (Å²) >= 11 is 0. The first kappa shape index (κ1) is 12.9. The summed E-state index contributed by atoms with van der Waals surface area (Å²) in [4.78, 5) is 14.3. The van der Waals surface area contributed by atoms with Gasteiger partial charge in [0.2, 0.25) is 5.91 Å². The van der Waals surface area contributed by atoms with E-state index in [1.807, 2.05) is 37.8 Å². The van der Waals surface area contributed by atoms with Crippen molar-refractivity contribution in [2.45, 2.75) is 40.0 Å². The summed E-state index contributed by atoms with van der Waals surface area (Å²) in [6, 6.07) is 3.96. The van der Waals surface area contributed by atoms with Gasteiger partial charge >= 0.3 is 0 Å². The highest BCUT2D eigenvalue weighted by molar-refractivity contribution is 5.98. The number of hydrogen-bond donors (Lipinski definition) is 1. The van der Waals surface area contributed by atoms with Gasteiger partial charge in [0.25, 0.3) is 0 Å². The zero-order valence-corrected chi connectivity index (χ0v) is 11.9. The Hall–Kier alpha value is -1.51. The number of nitrogens with two attached hydrogens (primary N) is 1. The quantitative estimate of drug-likeness (QED) is 0.774. The van der Waals surface area contributed by atoms with Crippen molar-refractivity contribution in [3.05, 3.63) is 23.3 Å². The number of nitrogen functional groups attached to an aromatic ring is 1. The van der Waals surface area contributed by atoms with E-state index < -0.39 is 0 Å². The molecule has 3 nitrogen and oxygen atoms in total. The van der Waals surface area contributed by atoms with Gasteiger partial charge in [0.1, 0.15) is 0 Å². The Morgan fingerprint density at radius 2 is 2.00 bits per heavy atom. The van der Waals surface area contributed by atoms with E-state index in [0.717, 1.165) is 23.5 Å². The van der Waals surface area contributed by atoms with Gasteiger partial charge in [0.15, 0.2) is 0 Å². The van der Waals surface area contributed by atoms with Crippen LogP contribution in [0.15, 0.2) is 12.1 Å². The number of hydrogen-bond acceptors (Lipinski definition) is 2. The zero-order valence-electron chi connectivity index (χ0n) is 11.9. The minimum absolute atomic E-state index is 0.0173. The van der Waals surface area contributed by atoms with Crippen LogP contribution in [-0.4, -0.2) is 12.5 Å². The van der Waals surface area contributed by atoms with E-state index in [1.54, 1.807) is 0 Å². The number of fused-ring (bicyclic) bond motifs is 1. The lowest BCUT2D eigenvalue weighted by atomic mass is 9.86. The first-order chi connectivity index (χ1) is 8.24. The number of benzene rings is 1. The van der Waals surface area contributed by atoms with E-state index >= 15 is 0 Å². The van der Waals surface area contributed by atoms with Gasteiger partial charge < -0.3 is 10.6 Å². The molecule has 0 aliphatic carbocycles. The average molecular weight is 246 g/mol. The molecule has 1 amide bonds. The standard InChI is InChI=1S/C15H22N2O/c1-9(2)14(18)17-8-15(4,5)12-7-11(16)6-10(3)13(12)17/h6-7,9H,8,16H2,1-5H3. The van der Waals surface area contributed by atoms with Crippen LogP contribution in [-0.2, 0) is 10.2 Å². The molecule has 0 aromatic heterocycles. The summed E-state index contributed by atoms with van der Waals surface area (Å²) in [5, 5.41) is 0. The maximum absolute atomic E-state index is 12.3. The predicted octanol–water partition coefficient (Wildman–Crippen LogP) is 2.86. The van der Waals surface area contributed by atoms with Gasteiger partial charge in [-0.3, -0.25) is 4.79 Å². The van der Waals surface area contributed by atoms with Crippen molar-refractivity contribution in [2.75, 3.05) is 17.2 Å². The lowest BCUT2D eigenvalue weighted by molar-refractivity contribution is -0.121. The monoisotopic (exact) mass is 246 g/mol. The highest BCUT2D eigenvalue weighted by Crippen LogP contribution is 2.44. The summed E-state index contributed by atoms with van der Waals surface area (Å²) in [5.41, 5.74) is 10.0. The van der Waals surface area contributed by atoms with E-state index in [9.17, 15) is 4.79 Å². The molecule has 0 atom stereocenters. The molecule has 0 saturated carbocycles. The van der Waals surface area contributed by atoms with Crippen molar-refractivity contribution in [1.82, 2.24) is 0 Å². The minimum atomic E-state index is -0.0278. The van der Waals surface area contributed by atoms with Crippen LogP contribution in [0, 0.1) is 12.8 Å². The van der Waals surface area contributed by atoms with Gasteiger partial charge in [0, 0.05) is 23.6 Å². The van der Waals surface area contributed by atoms with Crippen molar-refractivity contribution in [3.8, 4) is 0 Å². The van der Waals surface area contributed by atoms with Crippen LogP contribution in [0.25, 0.3) is 0 Å². The van der Waals surface area contributed by atoms with Crippen LogP contribution in [0.1, 0.15) is 38.8 Å². The number of nitrogens with zero attached hydrogens (tertiary/aromatic N) is 1. The molecule has 1 heterocycles. The topological polar surface area (TPSA) is 46.3 Å². The molecule has 0 bridgehead atoms. The Kier molecular flexibility index (Phi) is 2.88. The highest BCUT2D eigenvalue weighted by Gasteiger charge is 2.39. The maximum atomic E-state index is 12.3. The molecule has 3 heteroatoms. The second-order valence-electron chi connectivity index (χ2n) is 6.20. The predicted molar refractivity (Wildman–Crippen MR) is 75.8 cm³/mol. The van der Waals surface area contributed by atoms with Gasteiger partial charge in [-0.1, -0.05) is 27.7 Å². The van der Waals surface area contributed by atoms with Crippen LogP contribution in [0.3, 0.4) is 0 Å². The molecule has 2 rings (SSSR count). The van der Waals surface area contributed by atoms with Crippen molar-refractivity contribution < 1.29 is 4.79 Å². The van der Waals surface area contributed by atoms with Gasteiger partial charge in [-0.05, 0) is 30.2 Å². The third kappa shape index (κ3) is 1.88. The lowest BCUT2D eigenvalue weighted by Gasteiger charge is -2.23. The summed E-state index contributed by atoms with van der Waals surface area (Å²) < 4.78 is 0. The first-order valence-electron chi connectivity index (χ1n) is 6.46. The molecule has 0 fully saturated rings. The average Bonchev–Trinajstić information content (AvgIpc) is 2.50. The summed E-state index contributed by atoms with van der Waals surface area (Å²) in [6.07, 6.45) is 0. The SMILES string of the molecule is Cc1cc(N)cc2c1N(C(=O)C(C)C)CC2(C)C. The molecular weight excluding hydrogens is 224 g/mol. The van der Waals surface area contributed by atoms with Crippen molar-refractivity contribution >= 4 is 17.3 Å². The molecule has 0 spiro atoms. The molecule has 1 aromatic rings. The molecule has 98 valence electrons.